The third-order valence-corrected chi connectivity index (χ3v) is 2.40. The van der Waals surface area contributed by atoms with Gasteiger partial charge in [0.1, 0.15) is 0 Å². The molecule has 6 heteroatoms. The van der Waals surface area contributed by atoms with Crippen LogP contribution in [0.2, 0.25) is 0 Å². The highest BCUT2D eigenvalue weighted by Gasteiger charge is 2.16. The Kier molecular flexibility index (Phi) is 4.42. The lowest BCUT2D eigenvalue weighted by atomic mass is 10.2. The first-order valence-corrected chi connectivity index (χ1v) is 5.52. The number of hydrogen-bond acceptors (Lipinski definition) is 3. The number of primary amides is 1. The van der Waals surface area contributed by atoms with Gasteiger partial charge in [-0.25, -0.2) is 0 Å². The molecule has 16 heavy (non-hydrogen) atoms. The molecule has 1 aromatic heterocycles. The van der Waals surface area contributed by atoms with Crippen LogP contribution in [0.3, 0.4) is 0 Å². The highest BCUT2D eigenvalue weighted by molar-refractivity contribution is 9.10. The van der Waals surface area contributed by atoms with Gasteiger partial charge in [-0.05, 0) is 28.9 Å². The van der Waals surface area contributed by atoms with Gasteiger partial charge in [0.2, 0.25) is 5.91 Å². The third kappa shape index (κ3) is 3.30. The summed E-state index contributed by atoms with van der Waals surface area (Å²) in [6.07, 6.45) is 3.04. The van der Waals surface area contributed by atoms with Crippen molar-refractivity contribution in [2.24, 2.45) is 5.73 Å². The second-order valence-corrected chi connectivity index (χ2v) is 4.09. The van der Waals surface area contributed by atoms with Crippen LogP contribution in [0, 0.1) is 0 Å². The quantitative estimate of drug-likeness (QED) is 0.889. The second-order valence-electron chi connectivity index (χ2n) is 3.18. The van der Waals surface area contributed by atoms with E-state index in [1.165, 1.54) is 11.1 Å². The minimum atomic E-state index is -0.529. The number of aromatic nitrogens is 1. The summed E-state index contributed by atoms with van der Waals surface area (Å²) < 4.78 is 0.716. The zero-order valence-corrected chi connectivity index (χ0v) is 10.4. The molecule has 0 bridgehead atoms. The van der Waals surface area contributed by atoms with Crippen molar-refractivity contribution in [2.45, 2.75) is 6.92 Å². The largest absolute Gasteiger partial charge is 0.368 e. The van der Waals surface area contributed by atoms with E-state index in [2.05, 4.69) is 20.9 Å². The summed E-state index contributed by atoms with van der Waals surface area (Å²) in [7, 11) is 0. The van der Waals surface area contributed by atoms with Crippen molar-refractivity contribution in [2.75, 3.05) is 13.1 Å². The molecule has 0 spiro atoms. The molecule has 0 unspecified atom stereocenters. The Labute approximate surface area is 102 Å². The van der Waals surface area contributed by atoms with Gasteiger partial charge in [0, 0.05) is 23.4 Å². The molecule has 0 aromatic carbocycles. The van der Waals surface area contributed by atoms with E-state index in [1.807, 2.05) is 0 Å². The fraction of sp³-hybridized carbons (Fsp3) is 0.300. The predicted molar refractivity (Wildman–Crippen MR) is 62.7 cm³/mol. The minimum Gasteiger partial charge on any atom is -0.368 e. The SMILES string of the molecule is CCN(CC(N)=O)C(=O)c1cncc(Br)c1. The molecule has 0 aliphatic rings. The molecular weight excluding hydrogens is 274 g/mol. The average molecular weight is 286 g/mol. The molecule has 2 N–H and O–H groups in total. The number of amides is 2. The van der Waals surface area contributed by atoms with Crippen LogP contribution in [0.25, 0.3) is 0 Å². The number of carbonyl (C=O) groups is 2. The van der Waals surface area contributed by atoms with E-state index in [0.717, 1.165) is 0 Å². The van der Waals surface area contributed by atoms with Crippen molar-refractivity contribution in [3.8, 4) is 0 Å². The summed E-state index contributed by atoms with van der Waals surface area (Å²) in [5.41, 5.74) is 5.49. The van der Waals surface area contributed by atoms with Crippen molar-refractivity contribution in [1.82, 2.24) is 9.88 Å². The summed E-state index contributed by atoms with van der Waals surface area (Å²) >= 11 is 3.23. The first-order chi connectivity index (χ1) is 7.54. The molecule has 2 amide bonds. The van der Waals surface area contributed by atoms with Crippen molar-refractivity contribution in [1.29, 1.82) is 0 Å². The van der Waals surface area contributed by atoms with E-state index in [9.17, 15) is 9.59 Å². The Bertz CT molecular complexity index is 409. The first-order valence-electron chi connectivity index (χ1n) is 4.72. The molecule has 86 valence electrons. The van der Waals surface area contributed by atoms with Crippen LogP contribution in [-0.4, -0.2) is 34.8 Å². The molecule has 0 aliphatic heterocycles. The summed E-state index contributed by atoms with van der Waals surface area (Å²) in [6.45, 7) is 2.13. The predicted octanol–water partition coefficient (Wildman–Crippen LogP) is 0.792. The maximum atomic E-state index is 11.9. The summed E-state index contributed by atoms with van der Waals surface area (Å²) in [4.78, 5) is 28.0. The molecule has 1 heterocycles. The van der Waals surface area contributed by atoms with E-state index in [1.54, 1.807) is 19.2 Å². The van der Waals surface area contributed by atoms with Gasteiger partial charge in [-0.1, -0.05) is 0 Å². The number of likely N-dealkylation sites (N-methyl/N-ethyl adjacent to an activating group) is 1. The molecule has 0 fully saturated rings. The molecule has 0 radical (unpaired) electrons. The smallest absolute Gasteiger partial charge is 0.255 e. The van der Waals surface area contributed by atoms with Gasteiger partial charge in [-0.15, -0.1) is 0 Å². The highest BCUT2D eigenvalue weighted by atomic mass is 79.9. The van der Waals surface area contributed by atoms with Crippen molar-refractivity contribution in [3.05, 3.63) is 28.5 Å². The number of rotatable bonds is 4. The molecular formula is C10H12BrN3O2. The summed E-state index contributed by atoms with van der Waals surface area (Å²) in [6, 6.07) is 1.65. The molecule has 0 aliphatic carbocycles. The van der Waals surface area contributed by atoms with Gasteiger partial charge < -0.3 is 10.6 Å². The van der Waals surface area contributed by atoms with Gasteiger partial charge in [0.05, 0.1) is 12.1 Å². The van der Waals surface area contributed by atoms with Crippen LogP contribution < -0.4 is 5.73 Å². The lowest BCUT2D eigenvalue weighted by Gasteiger charge is -2.18. The third-order valence-electron chi connectivity index (χ3n) is 1.97. The summed E-state index contributed by atoms with van der Waals surface area (Å²) in [5, 5.41) is 0. The molecule has 0 atom stereocenters. The molecule has 1 rings (SSSR count). The van der Waals surface area contributed by atoms with Crippen LogP contribution >= 0.6 is 15.9 Å². The van der Waals surface area contributed by atoms with Crippen molar-refractivity contribution in [3.63, 3.8) is 0 Å². The Hall–Kier alpha value is -1.43. The zero-order valence-electron chi connectivity index (χ0n) is 8.81. The number of carbonyl (C=O) groups excluding carboxylic acids is 2. The molecule has 0 saturated heterocycles. The number of hydrogen-bond donors (Lipinski definition) is 1. The standard InChI is InChI=1S/C10H12BrN3O2/c1-2-14(6-9(12)15)10(16)7-3-8(11)5-13-4-7/h3-5H,2,6H2,1H3,(H2,12,15). The fourth-order valence-electron chi connectivity index (χ4n) is 1.23. The maximum Gasteiger partial charge on any atom is 0.255 e. The first kappa shape index (κ1) is 12.6. The Morgan fingerprint density at radius 2 is 2.19 bits per heavy atom. The number of nitrogens with zero attached hydrogens (tertiary/aromatic N) is 2. The summed E-state index contributed by atoms with van der Waals surface area (Å²) in [5.74, 6) is -0.784. The van der Waals surface area contributed by atoms with Gasteiger partial charge >= 0.3 is 0 Å². The number of pyridine rings is 1. The van der Waals surface area contributed by atoms with Gasteiger partial charge in [0.15, 0.2) is 0 Å². The van der Waals surface area contributed by atoms with E-state index >= 15 is 0 Å². The van der Waals surface area contributed by atoms with Crippen LogP contribution in [0.5, 0.6) is 0 Å². The number of nitrogens with two attached hydrogens (primary N) is 1. The van der Waals surface area contributed by atoms with Crippen LogP contribution in [-0.2, 0) is 4.79 Å². The fourth-order valence-corrected chi connectivity index (χ4v) is 1.59. The van der Waals surface area contributed by atoms with Crippen molar-refractivity contribution >= 4 is 27.7 Å². The lowest BCUT2D eigenvalue weighted by Crippen LogP contribution is -2.38. The molecule has 1 aromatic rings. The molecule has 0 saturated carbocycles. The van der Waals surface area contributed by atoms with Gasteiger partial charge in [0.25, 0.3) is 5.91 Å². The Morgan fingerprint density at radius 3 is 2.69 bits per heavy atom. The zero-order chi connectivity index (χ0) is 12.1. The Morgan fingerprint density at radius 1 is 1.50 bits per heavy atom. The average Bonchev–Trinajstić information content (AvgIpc) is 2.24. The van der Waals surface area contributed by atoms with Crippen molar-refractivity contribution < 1.29 is 9.59 Å². The van der Waals surface area contributed by atoms with E-state index in [4.69, 9.17) is 5.73 Å². The monoisotopic (exact) mass is 285 g/mol. The van der Waals surface area contributed by atoms with Crippen LogP contribution in [0.15, 0.2) is 22.9 Å². The second kappa shape index (κ2) is 5.60. The minimum absolute atomic E-state index is 0.0815. The van der Waals surface area contributed by atoms with E-state index < -0.39 is 5.91 Å². The van der Waals surface area contributed by atoms with Crippen LogP contribution in [0.4, 0.5) is 0 Å². The highest BCUT2D eigenvalue weighted by Crippen LogP contribution is 2.11. The van der Waals surface area contributed by atoms with Crippen LogP contribution in [0.1, 0.15) is 17.3 Å². The van der Waals surface area contributed by atoms with E-state index in [0.29, 0.717) is 16.6 Å². The topological polar surface area (TPSA) is 76.3 Å². The maximum absolute atomic E-state index is 11.9. The van der Waals surface area contributed by atoms with Gasteiger partial charge in [-0.3, -0.25) is 14.6 Å². The Balaban J connectivity index is 2.86. The molecule has 5 nitrogen and oxygen atoms in total. The normalized spacial score (nSPS) is 9.88. The van der Waals surface area contributed by atoms with Gasteiger partial charge in [-0.2, -0.15) is 0 Å². The number of halogens is 1. The lowest BCUT2D eigenvalue weighted by molar-refractivity contribution is -0.118. The van der Waals surface area contributed by atoms with E-state index in [-0.39, 0.29) is 12.5 Å².